The SMILES string of the molecule is Cc1ccc(-c2ccc(SCC(=O)Nc3ccccc3)nn2)c(C)c1. The lowest BCUT2D eigenvalue weighted by molar-refractivity contribution is -0.113. The number of nitrogens with zero attached hydrogens (tertiary/aromatic N) is 2. The Bertz CT molecular complexity index is 864. The van der Waals surface area contributed by atoms with Gasteiger partial charge in [-0.1, -0.05) is 53.7 Å². The molecule has 1 aromatic heterocycles. The molecule has 0 unspecified atom stereocenters. The number of carbonyl (C=O) groups is 1. The molecule has 0 atom stereocenters. The number of hydrogen-bond donors (Lipinski definition) is 1. The molecule has 1 amide bonds. The predicted molar refractivity (Wildman–Crippen MR) is 103 cm³/mol. The normalized spacial score (nSPS) is 10.5. The molecule has 3 aromatic rings. The van der Waals surface area contributed by atoms with Crippen molar-refractivity contribution in [3.8, 4) is 11.3 Å². The smallest absolute Gasteiger partial charge is 0.234 e. The van der Waals surface area contributed by atoms with Crippen LogP contribution in [0, 0.1) is 13.8 Å². The first-order chi connectivity index (χ1) is 12.1. The summed E-state index contributed by atoms with van der Waals surface area (Å²) in [5.41, 5.74) is 5.12. The van der Waals surface area contributed by atoms with Crippen LogP contribution in [0.25, 0.3) is 11.3 Å². The molecule has 0 fully saturated rings. The molecule has 0 spiro atoms. The Hall–Kier alpha value is -2.66. The molecule has 126 valence electrons. The van der Waals surface area contributed by atoms with E-state index in [4.69, 9.17) is 0 Å². The molecular formula is C20H19N3OS. The van der Waals surface area contributed by atoms with Gasteiger partial charge in [0, 0.05) is 11.3 Å². The van der Waals surface area contributed by atoms with Crippen LogP contribution in [-0.4, -0.2) is 21.9 Å². The van der Waals surface area contributed by atoms with E-state index < -0.39 is 0 Å². The molecule has 0 radical (unpaired) electrons. The third kappa shape index (κ3) is 4.67. The van der Waals surface area contributed by atoms with Crippen molar-refractivity contribution in [1.29, 1.82) is 0 Å². The molecule has 4 nitrogen and oxygen atoms in total. The zero-order valence-corrected chi connectivity index (χ0v) is 15.0. The minimum Gasteiger partial charge on any atom is -0.325 e. The summed E-state index contributed by atoms with van der Waals surface area (Å²) < 4.78 is 0. The molecule has 0 aliphatic carbocycles. The first kappa shape index (κ1) is 17.2. The average Bonchev–Trinajstić information content (AvgIpc) is 2.61. The fourth-order valence-corrected chi connectivity index (χ4v) is 3.11. The van der Waals surface area contributed by atoms with E-state index in [1.807, 2.05) is 42.5 Å². The molecule has 1 N–H and O–H groups in total. The maximum Gasteiger partial charge on any atom is 0.234 e. The summed E-state index contributed by atoms with van der Waals surface area (Å²) >= 11 is 1.37. The molecule has 1 heterocycles. The van der Waals surface area contributed by atoms with Gasteiger partial charge in [-0.3, -0.25) is 4.79 Å². The van der Waals surface area contributed by atoms with Crippen molar-refractivity contribution < 1.29 is 4.79 Å². The summed E-state index contributed by atoms with van der Waals surface area (Å²) in [6, 6.07) is 19.5. The highest BCUT2D eigenvalue weighted by Gasteiger charge is 2.07. The Kier molecular flexibility index (Phi) is 5.46. The predicted octanol–water partition coefficient (Wildman–Crippen LogP) is 4.49. The summed E-state index contributed by atoms with van der Waals surface area (Å²) in [4.78, 5) is 12.0. The van der Waals surface area contributed by atoms with E-state index in [-0.39, 0.29) is 5.91 Å². The van der Waals surface area contributed by atoms with Gasteiger partial charge in [-0.15, -0.1) is 10.2 Å². The highest BCUT2D eigenvalue weighted by atomic mass is 32.2. The van der Waals surface area contributed by atoms with Gasteiger partial charge >= 0.3 is 0 Å². The Balaban J connectivity index is 1.60. The third-order valence-corrected chi connectivity index (χ3v) is 4.63. The van der Waals surface area contributed by atoms with E-state index in [0.29, 0.717) is 5.75 Å². The van der Waals surface area contributed by atoms with E-state index in [2.05, 4.69) is 47.6 Å². The number of anilines is 1. The van der Waals surface area contributed by atoms with Gasteiger partial charge in [-0.2, -0.15) is 0 Å². The maximum atomic E-state index is 12.0. The number of aryl methyl sites for hydroxylation is 2. The molecule has 25 heavy (non-hydrogen) atoms. The van der Waals surface area contributed by atoms with Gasteiger partial charge in [0.15, 0.2) is 0 Å². The fourth-order valence-electron chi connectivity index (χ4n) is 2.50. The second-order valence-electron chi connectivity index (χ2n) is 5.78. The second-order valence-corrected chi connectivity index (χ2v) is 6.77. The van der Waals surface area contributed by atoms with Gasteiger partial charge in [0.2, 0.25) is 5.91 Å². The molecule has 0 aliphatic heterocycles. The third-order valence-electron chi connectivity index (χ3n) is 3.71. The number of nitrogens with one attached hydrogen (secondary N) is 1. The second kappa shape index (κ2) is 7.94. The quantitative estimate of drug-likeness (QED) is 0.690. The molecule has 5 heteroatoms. The summed E-state index contributed by atoms with van der Waals surface area (Å²) in [7, 11) is 0. The molecule has 3 rings (SSSR count). The summed E-state index contributed by atoms with van der Waals surface area (Å²) in [6.45, 7) is 4.14. The summed E-state index contributed by atoms with van der Waals surface area (Å²) in [5.74, 6) is 0.239. The number of benzene rings is 2. The number of para-hydroxylation sites is 1. The summed E-state index contributed by atoms with van der Waals surface area (Å²) in [6.07, 6.45) is 0. The number of carbonyl (C=O) groups excluding carboxylic acids is 1. The van der Waals surface area contributed by atoms with Crippen LogP contribution in [0.5, 0.6) is 0 Å². The van der Waals surface area contributed by atoms with Crippen molar-refractivity contribution in [3.05, 3.63) is 71.8 Å². The molecule has 2 aromatic carbocycles. The van der Waals surface area contributed by atoms with Gasteiger partial charge in [0.25, 0.3) is 0 Å². The van der Waals surface area contributed by atoms with Gasteiger partial charge < -0.3 is 5.32 Å². The zero-order valence-electron chi connectivity index (χ0n) is 14.2. The summed E-state index contributed by atoms with van der Waals surface area (Å²) in [5, 5.41) is 12.1. The Morgan fingerprint density at radius 2 is 1.80 bits per heavy atom. The van der Waals surface area contributed by atoms with Crippen LogP contribution >= 0.6 is 11.8 Å². The van der Waals surface area contributed by atoms with Crippen molar-refractivity contribution in [3.63, 3.8) is 0 Å². The molecule has 0 saturated heterocycles. The lowest BCUT2D eigenvalue weighted by Gasteiger charge is -2.07. The van der Waals surface area contributed by atoms with Crippen molar-refractivity contribution >= 4 is 23.4 Å². The molecule has 0 bridgehead atoms. The Morgan fingerprint density at radius 3 is 2.48 bits per heavy atom. The number of rotatable bonds is 5. The van der Waals surface area contributed by atoms with Crippen LogP contribution < -0.4 is 5.32 Å². The number of aromatic nitrogens is 2. The highest BCUT2D eigenvalue weighted by molar-refractivity contribution is 7.99. The van der Waals surface area contributed by atoms with E-state index in [1.165, 1.54) is 22.9 Å². The van der Waals surface area contributed by atoms with E-state index in [9.17, 15) is 4.79 Å². The maximum absolute atomic E-state index is 12.0. The van der Waals surface area contributed by atoms with E-state index in [1.54, 1.807) is 0 Å². The van der Waals surface area contributed by atoms with Crippen LogP contribution in [0.1, 0.15) is 11.1 Å². The van der Waals surface area contributed by atoms with Gasteiger partial charge in [0.1, 0.15) is 5.03 Å². The minimum absolute atomic E-state index is 0.0588. The monoisotopic (exact) mass is 349 g/mol. The van der Waals surface area contributed by atoms with Crippen LogP contribution in [0.3, 0.4) is 0 Å². The van der Waals surface area contributed by atoms with Crippen LogP contribution in [-0.2, 0) is 4.79 Å². The van der Waals surface area contributed by atoms with Crippen LogP contribution in [0.15, 0.2) is 65.7 Å². The van der Waals surface area contributed by atoms with Crippen LogP contribution in [0.2, 0.25) is 0 Å². The fraction of sp³-hybridized carbons (Fsp3) is 0.150. The molecule has 0 saturated carbocycles. The number of thioether (sulfide) groups is 1. The van der Waals surface area contributed by atoms with Crippen molar-refractivity contribution in [2.45, 2.75) is 18.9 Å². The van der Waals surface area contributed by atoms with Crippen molar-refractivity contribution in [1.82, 2.24) is 10.2 Å². The van der Waals surface area contributed by atoms with Gasteiger partial charge in [-0.05, 0) is 43.7 Å². The molecule has 0 aliphatic rings. The first-order valence-electron chi connectivity index (χ1n) is 8.01. The van der Waals surface area contributed by atoms with Crippen LogP contribution in [0.4, 0.5) is 5.69 Å². The number of amides is 1. The highest BCUT2D eigenvalue weighted by Crippen LogP contribution is 2.23. The largest absolute Gasteiger partial charge is 0.325 e. The Labute approximate surface area is 151 Å². The first-order valence-corrected chi connectivity index (χ1v) is 8.99. The number of hydrogen-bond acceptors (Lipinski definition) is 4. The van der Waals surface area contributed by atoms with Gasteiger partial charge in [0.05, 0.1) is 11.4 Å². The van der Waals surface area contributed by atoms with E-state index in [0.717, 1.165) is 22.0 Å². The van der Waals surface area contributed by atoms with E-state index >= 15 is 0 Å². The van der Waals surface area contributed by atoms with Gasteiger partial charge in [-0.25, -0.2) is 0 Å². The lowest BCUT2D eigenvalue weighted by atomic mass is 10.0. The van der Waals surface area contributed by atoms with Crippen molar-refractivity contribution in [2.75, 3.05) is 11.1 Å². The molecular weight excluding hydrogens is 330 g/mol. The lowest BCUT2D eigenvalue weighted by Crippen LogP contribution is -2.13. The standard InChI is InChI=1S/C20H19N3OS/c1-14-8-9-17(15(2)12-14)18-10-11-20(23-22-18)25-13-19(24)21-16-6-4-3-5-7-16/h3-12H,13H2,1-2H3,(H,21,24). The van der Waals surface area contributed by atoms with Crippen molar-refractivity contribution in [2.24, 2.45) is 0 Å². The zero-order chi connectivity index (χ0) is 17.6. The average molecular weight is 349 g/mol. The minimum atomic E-state index is -0.0588. The Morgan fingerprint density at radius 1 is 1.00 bits per heavy atom. The topological polar surface area (TPSA) is 54.9 Å².